The third-order valence-electron chi connectivity index (χ3n) is 4.13. The van der Waals surface area contributed by atoms with E-state index in [0.29, 0.717) is 12.4 Å². The number of aryl methyl sites for hydroxylation is 2. The number of pyridine rings is 1. The Labute approximate surface area is 130 Å². The molecule has 1 saturated heterocycles. The average Bonchev–Trinajstić information content (AvgIpc) is 3.05. The molecule has 0 aliphatic carbocycles. The van der Waals surface area contributed by atoms with E-state index < -0.39 is 0 Å². The Hall–Kier alpha value is -1.92. The molecule has 2 aromatic rings. The molecular formula is C16H22N4O2. The minimum absolute atomic E-state index is 0.257. The normalized spacial score (nSPS) is 18.9. The fourth-order valence-corrected chi connectivity index (χ4v) is 2.84. The Balaban J connectivity index is 1.50. The summed E-state index contributed by atoms with van der Waals surface area (Å²) in [6.07, 6.45) is 3.06. The van der Waals surface area contributed by atoms with Crippen molar-refractivity contribution in [1.29, 1.82) is 0 Å². The van der Waals surface area contributed by atoms with Gasteiger partial charge in [0.25, 0.3) is 0 Å². The van der Waals surface area contributed by atoms with Gasteiger partial charge in [-0.15, -0.1) is 0 Å². The van der Waals surface area contributed by atoms with Crippen molar-refractivity contribution in [3.8, 4) is 0 Å². The molecule has 0 amide bonds. The molecule has 0 saturated carbocycles. The number of nitrogens with zero attached hydrogens (tertiary/aromatic N) is 3. The molecule has 1 aliphatic heterocycles. The standard InChI is InChI=1S/C16H22N4O2/c1-11-15(12(2)22-19-11)10-21-14-4-6-20(9-14)8-13-3-5-18-16(17)7-13/h3,5,7,14H,4,6,8-10H2,1-2H3,(H2,17,18). The molecule has 1 fully saturated rings. The van der Waals surface area contributed by atoms with Crippen LogP contribution in [-0.4, -0.2) is 34.2 Å². The largest absolute Gasteiger partial charge is 0.384 e. The SMILES string of the molecule is Cc1noc(C)c1COC1CCN(Cc2ccnc(N)c2)C1. The van der Waals surface area contributed by atoms with E-state index in [1.165, 1.54) is 5.56 Å². The van der Waals surface area contributed by atoms with Crippen LogP contribution in [0.25, 0.3) is 0 Å². The van der Waals surface area contributed by atoms with E-state index in [1.807, 2.05) is 26.0 Å². The van der Waals surface area contributed by atoms with Gasteiger partial charge in [-0.3, -0.25) is 4.90 Å². The molecule has 22 heavy (non-hydrogen) atoms. The lowest BCUT2D eigenvalue weighted by atomic mass is 10.2. The van der Waals surface area contributed by atoms with Crippen LogP contribution in [0.1, 0.15) is 29.0 Å². The Morgan fingerprint density at radius 1 is 1.45 bits per heavy atom. The van der Waals surface area contributed by atoms with Crippen LogP contribution >= 0.6 is 0 Å². The first-order chi connectivity index (χ1) is 10.6. The second-order valence-corrected chi connectivity index (χ2v) is 5.85. The van der Waals surface area contributed by atoms with Gasteiger partial charge in [0.2, 0.25) is 0 Å². The number of rotatable bonds is 5. The topological polar surface area (TPSA) is 77.4 Å². The average molecular weight is 302 g/mol. The summed E-state index contributed by atoms with van der Waals surface area (Å²) in [5.41, 5.74) is 8.90. The number of nitrogen functional groups attached to an aromatic ring is 1. The van der Waals surface area contributed by atoms with Crippen LogP contribution in [0.2, 0.25) is 0 Å². The Bertz CT molecular complexity index is 621. The van der Waals surface area contributed by atoms with Gasteiger partial charge in [0, 0.05) is 31.4 Å². The van der Waals surface area contributed by atoms with Crippen molar-refractivity contribution in [2.45, 2.75) is 39.5 Å². The van der Waals surface area contributed by atoms with Crippen molar-refractivity contribution in [3.05, 3.63) is 40.9 Å². The molecular weight excluding hydrogens is 280 g/mol. The van der Waals surface area contributed by atoms with E-state index in [1.54, 1.807) is 6.20 Å². The van der Waals surface area contributed by atoms with Crippen molar-refractivity contribution >= 4 is 5.82 Å². The van der Waals surface area contributed by atoms with Gasteiger partial charge in [0.1, 0.15) is 11.6 Å². The summed E-state index contributed by atoms with van der Waals surface area (Å²) < 4.78 is 11.2. The third-order valence-corrected chi connectivity index (χ3v) is 4.13. The number of hydrogen-bond acceptors (Lipinski definition) is 6. The lowest BCUT2D eigenvalue weighted by Crippen LogP contribution is -2.23. The quantitative estimate of drug-likeness (QED) is 0.911. The number of ether oxygens (including phenoxy) is 1. The predicted octanol–water partition coefficient (Wildman–Crippen LogP) is 2.06. The van der Waals surface area contributed by atoms with Crippen LogP contribution < -0.4 is 5.73 Å². The van der Waals surface area contributed by atoms with Crippen LogP contribution in [0.4, 0.5) is 5.82 Å². The molecule has 0 spiro atoms. The zero-order valence-electron chi connectivity index (χ0n) is 13.1. The van der Waals surface area contributed by atoms with E-state index in [2.05, 4.69) is 15.0 Å². The molecule has 2 N–H and O–H groups in total. The van der Waals surface area contributed by atoms with Crippen molar-refractivity contribution in [2.24, 2.45) is 0 Å². The number of aromatic nitrogens is 2. The van der Waals surface area contributed by atoms with Crippen molar-refractivity contribution < 1.29 is 9.26 Å². The maximum atomic E-state index is 6.02. The number of hydrogen-bond donors (Lipinski definition) is 1. The summed E-state index contributed by atoms with van der Waals surface area (Å²) in [4.78, 5) is 6.41. The van der Waals surface area contributed by atoms with E-state index in [4.69, 9.17) is 15.0 Å². The van der Waals surface area contributed by atoms with Crippen molar-refractivity contribution in [3.63, 3.8) is 0 Å². The van der Waals surface area contributed by atoms with Crippen LogP contribution in [0.5, 0.6) is 0 Å². The summed E-state index contributed by atoms with van der Waals surface area (Å²) in [5.74, 6) is 1.42. The van der Waals surface area contributed by atoms with Gasteiger partial charge >= 0.3 is 0 Å². The van der Waals surface area contributed by atoms with Crippen LogP contribution in [-0.2, 0) is 17.9 Å². The minimum atomic E-state index is 0.257. The molecule has 6 nitrogen and oxygen atoms in total. The Morgan fingerprint density at radius 2 is 2.32 bits per heavy atom. The fraction of sp³-hybridized carbons (Fsp3) is 0.500. The summed E-state index contributed by atoms with van der Waals surface area (Å²) in [7, 11) is 0. The highest BCUT2D eigenvalue weighted by atomic mass is 16.5. The Kier molecular flexibility index (Phi) is 4.40. The number of likely N-dealkylation sites (tertiary alicyclic amines) is 1. The van der Waals surface area contributed by atoms with E-state index in [-0.39, 0.29) is 6.10 Å². The lowest BCUT2D eigenvalue weighted by molar-refractivity contribution is 0.0453. The first-order valence-corrected chi connectivity index (χ1v) is 7.58. The molecule has 0 radical (unpaired) electrons. The maximum Gasteiger partial charge on any atom is 0.139 e. The van der Waals surface area contributed by atoms with E-state index in [0.717, 1.165) is 43.1 Å². The van der Waals surface area contributed by atoms with Crippen molar-refractivity contribution in [1.82, 2.24) is 15.0 Å². The smallest absolute Gasteiger partial charge is 0.139 e. The molecule has 1 unspecified atom stereocenters. The third kappa shape index (κ3) is 3.45. The molecule has 1 aliphatic rings. The summed E-state index contributed by atoms with van der Waals surface area (Å²) in [6, 6.07) is 3.94. The second-order valence-electron chi connectivity index (χ2n) is 5.85. The second kappa shape index (κ2) is 6.46. The summed E-state index contributed by atoms with van der Waals surface area (Å²) in [5, 5.41) is 3.96. The molecule has 0 bridgehead atoms. The van der Waals surface area contributed by atoms with Gasteiger partial charge < -0.3 is 15.0 Å². The van der Waals surface area contributed by atoms with Gasteiger partial charge in [-0.25, -0.2) is 4.98 Å². The highest BCUT2D eigenvalue weighted by molar-refractivity contribution is 5.31. The molecule has 2 aromatic heterocycles. The monoisotopic (exact) mass is 302 g/mol. The summed E-state index contributed by atoms with van der Waals surface area (Å²) >= 11 is 0. The highest BCUT2D eigenvalue weighted by Gasteiger charge is 2.24. The highest BCUT2D eigenvalue weighted by Crippen LogP contribution is 2.20. The molecule has 6 heteroatoms. The number of nitrogens with two attached hydrogens (primary N) is 1. The van der Waals surface area contributed by atoms with Gasteiger partial charge in [0.05, 0.1) is 18.4 Å². The fourth-order valence-electron chi connectivity index (χ4n) is 2.84. The molecule has 3 heterocycles. The van der Waals surface area contributed by atoms with Crippen LogP contribution in [0, 0.1) is 13.8 Å². The van der Waals surface area contributed by atoms with Gasteiger partial charge in [0.15, 0.2) is 0 Å². The first kappa shape index (κ1) is 15.0. The zero-order valence-corrected chi connectivity index (χ0v) is 13.1. The summed E-state index contributed by atoms with van der Waals surface area (Å²) in [6.45, 7) is 7.30. The number of anilines is 1. The van der Waals surface area contributed by atoms with Crippen LogP contribution in [0.15, 0.2) is 22.9 Å². The maximum absolute atomic E-state index is 6.02. The van der Waals surface area contributed by atoms with Gasteiger partial charge in [-0.05, 0) is 38.0 Å². The van der Waals surface area contributed by atoms with Crippen molar-refractivity contribution in [2.75, 3.05) is 18.8 Å². The molecule has 0 aromatic carbocycles. The lowest BCUT2D eigenvalue weighted by Gasteiger charge is -2.16. The first-order valence-electron chi connectivity index (χ1n) is 7.58. The van der Waals surface area contributed by atoms with Gasteiger partial charge in [-0.1, -0.05) is 5.16 Å². The molecule has 118 valence electrons. The van der Waals surface area contributed by atoms with Gasteiger partial charge in [-0.2, -0.15) is 0 Å². The predicted molar refractivity (Wildman–Crippen MR) is 83.1 cm³/mol. The zero-order chi connectivity index (χ0) is 15.5. The molecule has 1 atom stereocenters. The Morgan fingerprint density at radius 3 is 3.05 bits per heavy atom. The van der Waals surface area contributed by atoms with E-state index in [9.17, 15) is 0 Å². The minimum Gasteiger partial charge on any atom is -0.384 e. The van der Waals surface area contributed by atoms with E-state index >= 15 is 0 Å². The van der Waals surface area contributed by atoms with Crippen LogP contribution in [0.3, 0.4) is 0 Å². The molecule has 3 rings (SSSR count).